The third-order valence-corrected chi connectivity index (χ3v) is 3.24. The Balaban J connectivity index is 2.22. The zero-order valence-electron chi connectivity index (χ0n) is 10.8. The molecule has 0 aliphatic heterocycles. The second kappa shape index (κ2) is 6.39. The third kappa shape index (κ3) is 3.48. The Morgan fingerprint density at radius 1 is 1.25 bits per heavy atom. The van der Waals surface area contributed by atoms with Crippen LogP contribution >= 0.6 is 15.9 Å². The Labute approximate surface area is 125 Å². The van der Waals surface area contributed by atoms with Gasteiger partial charge in [-0.2, -0.15) is 0 Å². The number of halogens is 1. The molecule has 0 amide bonds. The number of allylic oxidation sites excluding steroid dienone is 1. The van der Waals surface area contributed by atoms with E-state index < -0.39 is 0 Å². The molecular formula is C16H13BrO3. The fraction of sp³-hybridized carbons (Fsp3) is 0.0625. The van der Waals surface area contributed by atoms with Gasteiger partial charge in [-0.25, -0.2) is 0 Å². The van der Waals surface area contributed by atoms with Crippen LogP contribution in [-0.4, -0.2) is 18.0 Å². The Morgan fingerprint density at radius 2 is 2.05 bits per heavy atom. The number of carbonyl (C=O) groups excluding carboxylic acids is 1. The smallest absolute Gasteiger partial charge is 0.189 e. The molecule has 0 atom stereocenters. The number of rotatable bonds is 4. The summed E-state index contributed by atoms with van der Waals surface area (Å²) in [5, 5.41) is 9.69. The van der Waals surface area contributed by atoms with Crippen LogP contribution < -0.4 is 4.74 Å². The molecule has 2 aromatic rings. The fourth-order valence-corrected chi connectivity index (χ4v) is 2.07. The van der Waals surface area contributed by atoms with Gasteiger partial charge in [0.1, 0.15) is 11.5 Å². The number of hydrogen-bond acceptors (Lipinski definition) is 3. The van der Waals surface area contributed by atoms with Crippen molar-refractivity contribution in [2.45, 2.75) is 0 Å². The van der Waals surface area contributed by atoms with E-state index >= 15 is 0 Å². The number of hydrogen-bond donors (Lipinski definition) is 1. The highest BCUT2D eigenvalue weighted by molar-refractivity contribution is 9.10. The standard InChI is InChI=1S/C16H13BrO3/c1-20-13-4-2-3-11(9-13)5-7-15(18)14-10-12(17)6-8-16(14)19/h2-10,19H,1H3/b7-5+. The summed E-state index contributed by atoms with van der Waals surface area (Å²) >= 11 is 3.28. The Hall–Kier alpha value is -2.07. The van der Waals surface area contributed by atoms with Crippen molar-refractivity contribution in [2.24, 2.45) is 0 Å². The summed E-state index contributed by atoms with van der Waals surface area (Å²) in [5.74, 6) is 0.435. The minimum Gasteiger partial charge on any atom is -0.507 e. The predicted octanol–water partition coefficient (Wildman–Crippen LogP) is 4.06. The normalized spacial score (nSPS) is 10.7. The molecule has 20 heavy (non-hydrogen) atoms. The van der Waals surface area contributed by atoms with Crippen LogP contribution in [0.1, 0.15) is 15.9 Å². The Morgan fingerprint density at radius 3 is 2.80 bits per heavy atom. The van der Waals surface area contributed by atoms with Gasteiger partial charge in [0.05, 0.1) is 12.7 Å². The summed E-state index contributed by atoms with van der Waals surface area (Å²) in [5.41, 5.74) is 1.12. The van der Waals surface area contributed by atoms with Crippen LogP contribution in [-0.2, 0) is 0 Å². The molecule has 2 aromatic carbocycles. The van der Waals surface area contributed by atoms with E-state index in [4.69, 9.17) is 4.74 Å². The van der Waals surface area contributed by atoms with Gasteiger partial charge in [-0.1, -0.05) is 34.1 Å². The SMILES string of the molecule is COc1cccc(/C=C/C(=O)c2cc(Br)ccc2O)c1. The number of methoxy groups -OCH3 is 1. The summed E-state index contributed by atoms with van der Waals surface area (Å²) in [6, 6.07) is 12.1. The molecule has 4 heteroatoms. The van der Waals surface area contributed by atoms with Gasteiger partial charge >= 0.3 is 0 Å². The number of benzene rings is 2. The number of aromatic hydroxyl groups is 1. The average molecular weight is 333 g/mol. The summed E-state index contributed by atoms with van der Waals surface area (Å²) < 4.78 is 5.86. The summed E-state index contributed by atoms with van der Waals surface area (Å²) in [6.07, 6.45) is 3.11. The topological polar surface area (TPSA) is 46.5 Å². The first-order valence-electron chi connectivity index (χ1n) is 5.95. The van der Waals surface area contributed by atoms with Gasteiger partial charge < -0.3 is 9.84 Å². The van der Waals surface area contributed by atoms with Crippen molar-refractivity contribution in [3.05, 3.63) is 64.1 Å². The lowest BCUT2D eigenvalue weighted by Gasteiger charge is -2.02. The lowest BCUT2D eigenvalue weighted by Crippen LogP contribution is -1.94. The van der Waals surface area contributed by atoms with Gasteiger partial charge in [-0.05, 0) is 42.0 Å². The number of carbonyl (C=O) groups is 1. The third-order valence-electron chi connectivity index (χ3n) is 2.75. The molecule has 0 spiro atoms. The minimum atomic E-state index is -0.258. The molecule has 0 aliphatic carbocycles. The van der Waals surface area contributed by atoms with E-state index in [1.54, 1.807) is 25.3 Å². The molecular weight excluding hydrogens is 320 g/mol. The highest BCUT2D eigenvalue weighted by Gasteiger charge is 2.08. The van der Waals surface area contributed by atoms with Crippen molar-refractivity contribution >= 4 is 27.8 Å². The fourth-order valence-electron chi connectivity index (χ4n) is 1.71. The van der Waals surface area contributed by atoms with Crippen LogP contribution in [0.2, 0.25) is 0 Å². The van der Waals surface area contributed by atoms with Gasteiger partial charge in [-0.3, -0.25) is 4.79 Å². The monoisotopic (exact) mass is 332 g/mol. The first kappa shape index (κ1) is 14.3. The van der Waals surface area contributed by atoms with Gasteiger partial charge in [0.25, 0.3) is 0 Å². The van der Waals surface area contributed by atoms with Gasteiger partial charge in [-0.15, -0.1) is 0 Å². The van der Waals surface area contributed by atoms with Gasteiger partial charge in [0.15, 0.2) is 5.78 Å². The van der Waals surface area contributed by atoms with Crippen molar-refractivity contribution < 1.29 is 14.6 Å². The predicted molar refractivity (Wildman–Crippen MR) is 82.2 cm³/mol. The van der Waals surface area contributed by atoms with Crippen molar-refractivity contribution in [3.63, 3.8) is 0 Å². The second-order valence-corrected chi connectivity index (χ2v) is 5.05. The van der Waals surface area contributed by atoms with E-state index in [2.05, 4.69) is 15.9 Å². The molecule has 0 aromatic heterocycles. The minimum absolute atomic E-state index is 0.0338. The van der Waals surface area contributed by atoms with Crippen molar-refractivity contribution in [3.8, 4) is 11.5 Å². The molecule has 0 fully saturated rings. The van der Waals surface area contributed by atoms with E-state index in [0.717, 1.165) is 15.8 Å². The molecule has 2 rings (SSSR count). The molecule has 0 aliphatic rings. The first-order valence-corrected chi connectivity index (χ1v) is 6.74. The van der Waals surface area contributed by atoms with Crippen LogP contribution in [0, 0.1) is 0 Å². The number of ether oxygens (including phenoxy) is 1. The number of ketones is 1. The summed E-state index contributed by atoms with van der Waals surface area (Å²) in [7, 11) is 1.59. The second-order valence-electron chi connectivity index (χ2n) is 4.14. The molecule has 102 valence electrons. The van der Waals surface area contributed by atoms with Crippen LogP contribution in [0.4, 0.5) is 0 Å². The Bertz CT molecular complexity index is 663. The van der Waals surface area contributed by atoms with Gasteiger partial charge in [0.2, 0.25) is 0 Å². The lowest BCUT2D eigenvalue weighted by molar-refractivity contribution is 0.104. The van der Waals surface area contributed by atoms with E-state index in [-0.39, 0.29) is 17.1 Å². The van der Waals surface area contributed by atoms with Crippen molar-refractivity contribution in [1.29, 1.82) is 0 Å². The lowest BCUT2D eigenvalue weighted by atomic mass is 10.1. The molecule has 0 bridgehead atoms. The van der Waals surface area contributed by atoms with Crippen LogP contribution in [0.15, 0.2) is 53.0 Å². The summed E-state index contributed by atoms with van der Waals surface area (Å²) in [6.45, 7) is 0. The number of phenolic OH excluding ortho intramolecular Hbond substituents is 1. The molecule has 1 N–H and O–H groups in total. The first-order chi connectivity index (χ1) is 9.60. The van der Waals surface area contributed by atoms with Gasteiger partial charge in [0, 0.05) is 4.47 Å². The Kier molecular flexibility index (Phi) is 4.58. The largest absolute Gasteiger partial charge is 0.507 e. The number of phenols is 1. The summed E-state index contributed by atoms with van der Waals surface area (Å²) in [4.78, 5) is 12.0. The molecule has 0 saturated heterocycles. The highest BCUT2D eigenvalue weighted by atomic mass is 79.9. The van der Waals surface area contributed by atoms with E-state index in [1.165, 1.54) is 12.1 Å². The van der Waals surface area contributed by atoms with Crippen molar-refractivity contribution in [2.75, 3.05) is 7.11 Å². The maximum atomic E-state index is 12.0. The van der Waals surface area contributed by atoms with Crippen LogP contribution in [0.5, 0.6) is 11.5 Å². The quantitative estimate of drug-likeness (QED) is 0.678. The van der Waals surface area contributed by atoms with E-state index in [0.29, 0.717) is 0 Å². The molecule has 3 nitrogen and oxygen atoms in total. The molecule has 0 unspecified atom stereocenters. The maximum Gasteiger partial charge on any atom is 0.189 e. The van der Waals surface area contributed by atoms with Crippen LogP contribution in [0.3, 0.4) is 0 Å². The maximum absolute atomic E-state index is 12.0. The van der Waals surface area contributed by atoms with Crippen LogP contribution in [0.25, 0.3) is 6.08 Å². The zero-order chi connectivity index (χ0) is 14.5. The van der Waals surface area contributed by atoms with E-state index in [9.17, 15) is 9.90 Å². The molecule has 0 saturated carbocycles. The van der Waals surface area contributed by atoms with E-state index in [1.807, 2.05) is 24.3 Å². The highest BCUT2D eigenvalue weighted by Crippen LogP contribution is 2.23. The van der Waals surface area contributed by atoms with Crippen molar-refractivity contribution in [1.82, 2.24) is 0 Å². The molecule has 0 radical (unpaired) electrons. The average Bonchev–Trinajstić information content (AvgIpc) is 2.47. The molecule has 0 heterocycles. The zero-order valence-corrected chi connectivity index (χ0v) is 12.4.